The zero-order valence-electron chi connectivity index (χ0n) is 15.4. The van der Waals surface area contributed by atoms with Crippen molar-refractivity contribution >= 4 is 11.7 Å². The highest BCUT2D eigenvalue weighted by atomic mass is 16.5. The molecule has 6 heteroatoms. The third-order valence-corrected chi connectivity index (χ3v) is 5.11. The van der Waals surface area contributed by atoms with E-state index in [-0.39, 0.29) is 12.0 Å². The fourth-order valence-corrected chi connectivity index (χ4v) is 3.58. The second-order valence-corrected chi connectivity index (χ2v) is 6.91. The summed E-state index contributed by atoms with van der Waals surface area (Å²) < 4.78 is 11.5. The maximum Gasteiger partial charge on any atom is 0.257 e. The molecule has 1 aromatic heterocycles. The van der Waals surface area contributed by atoms with E-state index in [1.54, 1.807) is 6.20 Å². The highest BCUT2D eigenvalue weighted by molar-refractivity contribution is 5.97. The predicted molar refractivity (Wildman–Crippen MR) is 103 cm³/mol. The number of piperazine rings is 1. The molecule has 0 bridgehead atoms. The van der Waals surface area contributed by atoms with E-state index in [9.17, 15) is 4.79 Å². The van der Waals surface area contributed by atoms with Crippen molar-refractivity contribution in [3.05, 3.63) is 54.2 Å². The van der Waals surface area contributed by atoms with Crippen LogP contribution in [0, 0.1) is 0 Å². The van der Waals surface area contributed by atoms with Crippen molar-refractivity contribution in [1.82, 2.24) is 9.88 Å². The third-order valence-electron chi connectivity index (χ3n) is 5.11. The van der Waals surface area contributed by atoms with Gasteiger partial charge < -0.3 is 19.3 Å². The molecular weight excluding hydrogens is 342 g/mol. The van der Waals surface area contributed by atoms with Gasteiger partial charge in [0.15, 0.2) is 0 Å². The number of hydrogen-bond donors (Lipinski definition) is 0. The van der Waals surface area contributed by atoms with Gasteiger partial charge in [-0.05, 0) is 37.1 Å². The Hall–Kier alpha value is -2.60. The molecular formula is C21H25N3O3. The van der Waals surface area contributed by atoms with Crippen molar-refractivity contribution in [3.8, 4) is 5.75 Å². The van der Waals surface area contributed by atoms with Crippen molar-refractivity contribution < 1.29 is 14.3 Å². The van der Waals surface area contributed by atoms with Crippen LogP contribution in [0.2, 0.25) is 0 Å². The van der Waals surface area contributed by atoms with Gasteiger partial charge in [0.05, 0.1) is 11.7 Å². The zero-order valence-corrected chi connectivity index (χ0v) is 15.4. The minimum absolute atomic E-state index is 0.0265. The number of aromatic nitrogens is 1. The van der Waals surface area contributed by atoms with Crippen LogP contribution in [0.4, 0.5) is 5.82 Å². The van der Waals surface area contributed by atoms with Crippen LogP contribution in [-0.2, 0) is 4.74 Å². The largest absolute Gasteiger partial charge is 0.490 e. The number of rotatable bonds is 5. The molecule has 2 saturated heterocycles. The number of anilines is 1. The van der Waals surface area contributed by atoms with Crippen molar-refractivity contribution in [2.45, 2.75) is 18.9 Å². The van der Waals surface area contributed by atoms with Gasteiger partial charge in [0, 0.05) is 39.0 Å². The van der Waals surface area contributed by atoms with Gasteiger partial charge >= 0.3 is 0 Å². The van der Waals surface area contributed by atoms with Crippen LogP contribution < -0.4 is 9.64 Å². The van der Waals surface area contributed by atoms with E-state index < -0.39 is 0 Å². The second-order valence-electron chi connectivity index (χ2n) is 6.91. The molecule has 1 atom stereocenters. The molecule has 142 valence electrons. The summed E-state index contributed by atoms with van der Waals surface area (Å²) in [6, 6.07) is 13.4. The Morgan fingerprint density at radius 1 is 1.11 bits per heavy atom. The van der Waals surface area contributed by atoms with Gasteiger partial charge in [-0.2, -0.15) is 0 Å². The van der Waals surface area contributed by atoms with Gasteiger partial charge in [0.2, 0.25) is 0 Å². The summed E-state index contributed by atoms with van der Waals surface area (Å²) in [6.45, 7) is 4.21. The van der Waals surface area contributed by atoms with Crippen LogP contribution in [0.3, 0.4) is 0 Å². The molecule has 2 fully saturated rings. The molecule has 1 amide bonds. The lowest BCUT2D eigenvalue weighted by molar-refractivity contribution is 0.0648. The van der Waals surface area contributed by atoms with E-state index in [4.69, 9.17) is 9.47 Å². The fourth-order valence-electron chi connectivity index (χ4n) is 3.58. The molecule has 1 unspecified atom stereocenters. The Morgan fingerprint density at radius 3 is 2.67 bits per heavy atom. The summed E-state index contributed by atoms with van der Waals surface area (Å²) in [5, 5.41) is 0. The van der Waals surface area contributed by atoms with Crippen LogP contribution in [0.5, 0.6) is 5.75 Å². The maximum atomic E-state index is 13.0. The average Bonchev–Trinajstić information content (AvgIpc) is 3.26. The predicted octanol–water partition coefficient (Wildman–Crippen LogP) is 2.60. The first kappa shape index (κ1) is 17.8. The van der Waals surface area contributed by atoms with Gasteiger partial charge in [0.25, 0.3) is 5.91 Å². The van der Waals surface area contributed by atoms with Crippen molar-refractivity contribution in [1.29, 1.82) is 0 Å². The molecule has 4 rings (SSSR count). The lowest BCUT2D eigenvalue weighted by Crippen LogP contribution is -2.49. The number of amides is 1. The number of carbonyl (C=O) groups is 1. The number of nitrogens with zero attached hydrogens (tertiary/aromatic N) is 3. The van der Waals surface area contributed by atoms with Crippen molar-refractivity contribution in [2.75, 3.05) is 44.3 Å². The highest BCUT2D eigenvalue weighted by Gasteiger charge is 2.25. The fraction of sp³-hybridized carbons (Fsp3) is 0.429. The minimum Gasteiger partial charge on any atom is -0.490 e. The van der Waals surface area contributed by atoms with E-state index in [2.05, 4.69) is 9.88 Å². The van der Waals surface area contributed by atoms with Gasteiger partial charge in [-0.25, -0.2) is 4.98 Å². The molecule has 27 heavy (non-hydrogen) atoms. The topological polar surface area (TPSA) is 54.9 Å². The lowest BCUT2D eigenvalue weighted by Gasteiger charge is -2.35. The van der Waals surface area contributed by atoms with Gasteiger partial charge in [-0.15, -0.1) is 0 Å². The molecule has 0 saturated carbocycles. The minimum atomic E-state index is 0.0265. The highest BCUT2D eigenvalue weighted by Crippen LogP contribution is 2.23. The Bertz CT molecular complexity index is 754. The number of para-hydroxylation sites is 1. The van der Waals surface area contributed by atoms with Gasteiger partial charge in [-0.3, -0.25) is 4.79 Å². The second kappa shape index (κ2) is 8.39. The van der Waals surface area contributed by atoms with Crippen LogP contribution in [0.25, 0.3) is 0 Å². The molecule has 2 aromatic rings. The molecule has 1 aromatic carbocycles. The Balaban J connectivity index is 1.38. The molecule has 2 aliphatic rings. The van der Waals surface area contributed by atoms with Gasteiger partial charge in [0.1, 0.15) is 18.2 Å². The quantitative estimate of drug-likeness (QED) is 0.813. The molecule has 6 nitrogen and oxygen atoms in total. The standard InChI is InChI=1S/C21H25N3O3/c25-21(24-13-11-23(12-14-24)20-9-3-4-10-22-20)18-7-1-2-8-19(18)27-16-17-6-5-15-26-17/h1-4,7-10,17H,5-6,11-16H2. The SMILES string of the molecule is O=C(c1ccccc1OCC1CCCO1)N1CCN(c2ccccn2)CC1. The van der Waals surface area contributed by atoms with E-state index >= 15 is 0 Å². The third kappa shape index (κ3) is 4.22. The number of carbonyl (C=O) groups excluding carboxylic acids is 1. The average molecular weight is 367 g/mol. The Kier molecular flexibility index (Phi) is 5.53. The number of ether oxygens (including phenoxy) is 2. The van der Waals surface area contributed by atoms with E-state index in [1.807, 2.05) is 47.4 Å². The summed E-state index contributed by atoms with van der Waals surface area (Å²) in [5.41, 5.74) is 0.627. The lowest BCUT2D eigenvalue weighted by atomic mass is 10.1. The Labute approximate surface area is 159 Å². The van der Waals surface area contributed by atoms with Crippen LogP contribution in [-0.4, -0.2) is 61.3 Å². The first-order valence-electron chi connectivity index (χ1n) is 9.60. The van der Waals surface area contributed by atoms with E-state index in [0.717, 1.165) is 38.4 Å². The normalized spacial score (nSPS) is 19.9. The number of hydrogen-bond acceptors (Lipinski definition) is 5. The van der Waals surface area contributed by atoms with E-state index in [1.165, 1.54) is 0 Å². The van der Waals surface area contributed by atoms with E-state index in [0.29, 0.717) is 31.0 Å². The van der Waals surface area contributed by atoms with Crippen LogP contribution in [0.15, 0.2) is 48.7 Å². The summed E-state index contributed by atoms with van der Waals surface area (Å²) in [7, 11) is 0. The van der Waals surface area contributed by atoms with Crippen molar-refractivity contribution in [2.24, 2.45) is 0 Å². The summed E-state index contributed by atoms with van der Waals surface area (Å²) in [4.78, 5) is 21.5. The van der Waals surface area contributed by atoms with Crippen LogP contribution >= 0.6 is 0 Å². The van der Waals surface area contributed by atoms with Gasteiger partial charge in [-0.1, -0.05) is 18.2 Å². The van der Waals surface area contributed by atoms with Crippen LogP contribution in [0.1, 0.15) is 23.2 Å². The molecule has 0 aliphatic carbocycles. The summed E-state index contributed by atoms with van der Waals surface area (Å²) >= 11 is 0. The summed E-state index contributed by atoms with van der Waals surface area (Å²) in [6.07, 6.45) is 4.03. The molecule has 2 aliphatic heterocycles. The smallest absolute Gasteiger partial charge is 0.257 e. The number of pyridine rings is 1. The first-order chi connectivity index (χ1) is 13.3. The zero-order chi connectivity index (χ0) is 18.5. The molecule has 3 heterocycles. The van der Waals surface area contributed by atoms with Crippen molar-refractivity contribution in [3.63, 3.8) is 0 Å². The number of benzene rings is 1. The molecule has 0 spiro atoms. The first-order valence-corrected chi connectivity index (χ1v) is 9.60. The summed E-state index contributed by atoms with van der Waals surface area (Å²) in [5.74, 6) is 1.63. The molecule has 0 radical (unpaired) electrons. The molecule has 0 N–H and O–H groups in total. The maximum absolute atomic E-state index is 13.0. The monoisotopic (exact) mass is 367 g/mol. The Morgan fingerprint density at radius 2 is 1.93 bits per heavy atom.